The number of methoxy groups -OCH3 is 2. The molecule has 2 aliphatic rings. The summed E-state index contributed by atoms with van der Waals surface area (Å²) < 4.78 is 49.0. The zero-order chi connectivity index (χ0) is 39.3. The average Bonchev–Trinajstić information content (AvgIpc) is 3.62. The fraction of sp³-hybridized carbons (Fsp3) is 0.439. The van der Waals surface area contributed by atoms with E-state index in [0.717, 1.165) is 16.7 Å². The SMILES string of the molecule is COc1ccc(C(OC[C@]23O[C@@H](n4ccc(=O)[nH]c4=O)[C@H](O[C@@H]2C)[C@@H]3OP(OCCC#N)N(C(C)C)C(C)C)(c2ccccc2)c2ccc(OC)cc2)cc1.S.S. The molecule has 16 heteroatoms. The van der Waals surface area contributed by atoms with Gasteiger partial charge in [-0.05, 0) is 75.6 Å². The summed E-state index contributed by atoms with van der Waals surface area (Å²) in [5.74, 6) is 1.37. The zero-order valence-electron chi connectivity index (χ0n) is 33.2. The molecule has 6 rings (SSSR count). The molecular weight excluding hydrogens is 788 g/mol. The van der Waals surface area contributed by atoms with Crippen LogP contribution in [-0.4, -0.2) is 77.7 Å². The maximum atomic E-state index is 13.3. The number of fused-ring (bicyclic) bond motifs is 2. The molecule has 3 heterocycles. The summed E-state index contributed by atoms with van der Waals surface area (Å²) in [5, 5.41) is 9.38. The van der Waals surface area contributed by atoms with Crippen molar-refractivity contribution in [2.75, 3.05) is 27.4 Å². The van der Waals surface area contributed by atoms with E-state index < -0.39 is 55.5 Å². The second-order valence-electron chi connectivity index (χ2n) is 14.1. The number of nitrogens with zero attached hydrogens (tertiary/aromatic N) is 3. The molecule has 4 aromatic rings. The van der Waals surface area contributed by atoms with E-state index in [-0.39, 0.29) is 58.7 Å². The van der Waals surface area contributed by atoms with Crippen LogP contribution in [0.25, 0.3) is 0 Å². The molecule has 1 N–H and O–H groups in total. The van der Waals surface area contributed by atoms with E-state index >= 15 is 0 Å². The first-order valence-electron chi connectivity index (χ1n) is 18.4. The van der Waals surface area contributed by atoms with Gasteiger partial charge >= 0.3 is 5.69 Å². The Bertz CT molecular complexity index is 1990. The van der Waals surface area contributed by atoms with Gasteiger partial charge in [0.05, 0.1) is 46.0 Å². The summed E-state index contributed by atoms with van der Waals surface area (Å²) in [6.45, 7) is 10.2. The van der Waals surface area contributed by atoms with Crippen LogP contribution in [0.5, 0.6) is 11.5 Å². The van der Waals surface area contributed by atoms with Crippen LogP contribution < -0.4 is 20.7 Å². The first-order chi connectivity index (χ1) is 26.5. The topological polar surface area (TPSA) is 147 Å². The van der Waals surface area contributed by atoms with E-state index in [9.17, 15) is 14.9 Å². The molecule has 2 saturated heterocycles. The number of nitrogens with one attached hydrogen (secondary N) is 1. The van der Waals surface area contributed by atoms with Gasteiger partial charge in [0.25, 0.3) is 14.1 Å². The van der Waals surface area contributed by atoms with Gasteiger partial charge in [-0.2, -0.15) is 32.3 Å². The third-order valence-corrected chi connectivity index (χ3v) is 12.2. The Morgan fingerprint density at radius 3 is 1.96 bits per heavy atom. The number of ether oxygens (including phenoxy) is 5. The van der Waals surface area contributed by atoms with Crippen LogP contribution in [0, 0.1) is 11.3 Å². The van der Waals surface area contributed by atoms with Gasteiger partial charge in [0.2, 0.25) is 0 Å². The van der Waals surface area contributed by atoms with Gasteiger partial charge < -0.3 is 32.7 Å². The van der Waals surface area contributed by atoms with Crippen molar-refractivity contribution in [3.05, 3.63) is 129 Å². The largest absolute Gasteiger partial charge is 0.497 e. The van der Waals surface area contributed by atoms with Crippen LogP contribution in [0.2, 0.25) is 0 Å². The number of aromatic nitrogens is 2. The van der Waals surface area contributed by atoms with Crippen LogP contribution in [0.15, 0.2) is 101 Å². The average molecular weight is 841 g/mol. The van der Waals surface area contributed by atoms with E-state index in [0.29, 0.717) is 11.5 Å². The highest BCUT2D eigenvalue weighted by Gasteiger charge is 2.68. The molecule has 1 unspecified atom stereocenters. The van der Waals surface area contributed by atoms with Crippen molar-refractivity contribution in [2.45, 2.75) is 88.9 Å². The van der Waals surface area contributed by atoms with Crippen molar-refractivity contribution in [2.24, 2.45) is 0 Å². The van der Waals surface area contributed by atoms with Crippen LogP contribution in [0.1, 0.15) is 64.0 Å². The Labute approximate surface area is 349 Å². The third kappa shape index (κ3) is 9.15. The quantitative estimate of drug-likeness (QED) is 0.0706. The molecule has 0 aliphatic carbocycles. The highest BCUT2D eigenvalue weighted by molar-refractivity contribution is 7.59. The molecule has 0 amide bonds. The predicted molar refractivity (Wildman–Crippen MR) is 228 cm³/mol. The molecule has 6 atom stereocenters. The Morgan fingerprint density at radius 1 is 0.895 bits per heavy atom. The van der Waals surface area contributed by atoms with E-state index in [2.05, 4.69) is 43.4 Å². The number of nitriles is 1. The highest BCUT2D eigenvalue weighted by atomic mass is 32.1. The second-order valence-corrected chi connectivity index (χ2v) is 15.5. The van der Waals surface area contributed by atoms with E-state index in [1.165, 1.54) is 16.8 Å². The lowest BCUT2D eigenvalue weighted by Crippen LogP contribution is -2.53. The standard InChI is InChI=1S/C41H49N4O9P.2H2S/c1-27(2)45(28(3)4)55(51-25-11-23-42)54-37-36-38(44-24-22-35(46)43-39(44)47)53-40(37,29(5)52-36)26-50-41(30-12-9-8-10-13-30,31-14-18-33(48-6)19-15-31)32-16-20-34(49-7)21-17-32;;/h8-10,12-22,24,27-29,36-38H,11,25-26H2,1-7H3,(H,43,46,47);2*1H2/t29-,36-,37+,38-,40+,55?;;/m1../s1. The Kier molecular flexibility index (Phi) is 16.0. The smallest absolute Gasteiger partial charge is 0.330 e. The van der Waals surface area contributed by atoms with Crippen LogP contribution in [0.4, 0.5) is 0 Å². The summed E-state index contributed by atoms with van der Waals surface area (Å²) >= 11 is 0. The number of hydrogen-bond donors (Lipinski definition) is 1. The van der Waals surface area contributed by atoms with E-state index in [1.807, 2.05) is 85.8 Å². The number of hydrogen-bond acceptors (Lipinski definition) is 11. The van der Waals surface area contributed by atoms with Crippen molar-refractivity contribution in [3.63, 3.8) is 0 Å². The molecule has 1 aromatic heterocycles. The third-order valence-electron chi connectivity index (χ3n) is 10.1. The first-order valence-corrected chi connectivity index (χ1v) is 19.5. The fourth-order valence-corrected chi connectivity index (χ4v) is 9.31. The van der Waals surface area contributed by atoms with Gasteiger partial charge in [-0.15, -0.1) is 0 Å². The minimum absolute atomic E-state index is 0. The minimum atomic E-state index is -1.78. The van der Waals surface area contributed by atoms with Crippen LogP contribution in [-0.2, 0) is 28.9 Å². The Balaban J connectivity index is 0.00000360. The molecule has 57 heavy (non-hydrogen) atoms. The molecule has 0 radical (unpaired) electrons. The highest BCUT2D eigenvalue weighted by Crippen LogP contribution is 2.58. The predicted octanol–water partition coefficient (Wildman–Crippen LogP) is 6.50. The monoisotopic (exact) mass is 840 g/mol. The van der Waals surface area contributed by atoms with Gasteiger partial charge in [0, 0.05) is 24.3 Å². The molecule has 13 nitrogen and oxygen atoms in total. The summed E-state index contributed by atoms with van der Waals surface area (Å²) in [4.78, 5) is 27.7. The maximum absolute atomic E-state index is 13.3. The van der Waals surface area contributed by atoms with Crippen molar-refractivity contribution in [1.29, 1.82) is 5.26 Å². The maximum Gasteiger partial charge on any atom is 0.330 e. The molecule has 2 aliphatic heterocycles. The van der Waals surface area contributed by atoms with Crippen molar-refractivity contribution in [3.8, 4) is 17.6 Å². The van der Waals surface area contributed by atoms with Gasteiger partial charge in [-0.3, -0.25) is 14.3 Å². The number of rotatable bonds is 17. The molecule has 2 fully saturated rings. The van der Waals surface area contributed by atoms with E-state index in [4.69, 9.17) is 32.7 Å². The number of benzene rings is 3. The minimum Gasteiger partial charge on any atom is -0.497 e. The summed E-state index contributed by atoms with van der Waals surface area (Å²) in [7, 11) is 1.47. The number of aromatic amines is 1. The molecule has 3 aromatic carbocycles. The molecule has 308 valence electrons. The number of H-pyrrole nitrogens is 1. The molecule has 0 spiro atoms. The first kappa shape index (κ1) is 46.0. The fourth-order valence-electron chi connectivity index (χ4n) is 7.52. The Hall–Kier alpha value is -3.68. The van der Waals surface area contributed by atoms with Crippen molar-refractivity contribution in [1.82, 2.24) is 14.2 Å². The van der Waals surface area contributed by atoms with Crippen LogP contribution >= 0.6 is 35.5 Å². The molecular formula is C41H53N4O9PS2. The lowest BCUT2D eigenvalue weighted by Gasteiger charge is -2.43. The lowest BCUT2D eigenvalue weighted by molar-refractivity contribution is -0.231. The van der Waals surface area contributed by atoms with E-state index in [1.54, 1.807) is 14.2 Å². The summed E-state index contributed by atoms with van der Waals surface area (Å²) in [6.07, 6.45) is -1.61. The van der Waals surface area contributed by atoms with Gasteiger partial charge in [-0.25, -0.2) is 9.46 Å². The van der Waals surface area contributed by atoms with Gasteiger partial charge in [-0.1, -0.05) is 54.6 Å². The van der Waals surface area contributed by atoms with Gasteiger partial charge in [0.15, 0.2) is 6.23 Å². The van der Waals surface area contributed by atoms with Crippen molar-refractivity contribution >= 4 is 35.5 Å². The summed E-state index contributed by atoms with van der Waals surface area (Å²) in [6, 6.07) is 28.8. The van der Waals surface area contributed by atoms with Crippen LogP contribution in [0.3, 0.4) is 0 Å². The second kappa shape index (κ2) is 19.8. The Morgan fingerprint density at radius 2 is 1.46 bits per heavy atom. The van der Waals surface area contributed by atoms with Crippen molar-refractivity contribution < 1.29 is 32.7 Å². The molecule has 2 bridgehead atoms. The zero-order valence-corrected chi connectivity index (χ0v) is 36.1. The van der Waals surface area contributed by atoms with Gasteiger partial charge in [0.1, 0.15) is 34.9 Å². The summed E-state index contributed by atoms with van der Waals surface area (Å²) in [5.41, 5.74) is -1.20. The normalized spacial score (nSPS) is 21.8. The molecule has 0 saturated carbocycles. The lowest BCUT2D eigenvalue weighted by atomic mass is 9.79.